The topological polar surface area (TPSA) is 67.9 Å². The molecule has 0 atom stereocenters. The Hall–Kier alpha value is -3.16. The number of nitrogens with zero attached hydrogens (tertiary/aromatic N) is 1. The maximum absolute atomic E-state index is 13.4. The van der Waals surface area contributed by atoms with Gasteiger partial charge >= 0.3 is 0 Å². The molecule has 1 saturated heterocycles. The molecule has 3 aromatic rings. The van der Waals surface area contributed by atoms with Gasteiger partial charge in [0.1, 0.15) is 10.8 Å². The molecule has 1 aliphatic rings. The maximum atomic E-state index is 13.4. The Morgan fingerprint density at radius 1 is 1.00 bits per heavy atom. The monoisotopic (exact) mass is 464 g/mol. The van der Waals surface area contributed by atoms with Crippen LogP contribution in [0, 0.1) is 20.8 Å². The summed E-state index contributed by atoms with van der Waals surface area (Å²) in [6.07, 6.45) is 0. The SMILES string of the molecule is Cc1cccc(C)c1OCC(=O)Nc1sc(-c2ccccc2)c(C)c1C(=O)N1CCOCC1. The van der Waals surface area contributed by atoms with Crippen molar-refractivity contribution >= 4 is 28.2 Å². The third-order valence-electron chi connectivity index (χ3n) is 5.70. The fourth-order valence-corrected chi connectivity index (χ4v) is 5.20. The highest BCUT2D eigenvalue weighted by atomic mass is 32.1. The van der Waals surface area contributed by atoms with Crippen LogP contribution in [0.25, 0.3) is 10.4 Å². The zero-order chi connectivity index (χ0) is 23.4. The van der Waals surface area contributed by atoms with Crippen LogP contribution in [0.4, 0.5) is 5.00 Å². The highest BCUT2D eigenvalue weighted by molar-refractivity contribution is 7.20. The van der Waals surface area contributed by atoms with Crippen LogP contribution in [-0.4, -0.2) is 49.6 Å². The van der Waals surface area contributed by atoms with Crippen molar-refractivity contribution in [3.05, 3.63) is 70.8 Å². The number of para-hydroxylation sites is 1. The molecule has 0 spiro atoms. The first kappa shape index (κ1) is 23.0. The molecule has 0 unspecified atom stereocenters. The summed E-state index contributed by atoms with van der Waals surface area (Å²) in [5, 5.41) is 3.50. The van der Waals surface area contributed by atoms with Crippen LogP contribution in [0.5, 0.6) is 5.75 Å². The predicted molar refractivity (Wildman–Crippen MR) is 131 cm³/mol. The van der Waals surface area contributed by atoms with Crippen molar-refractivity contribution in [1.82, 2.24) is 4.90 Å². The standard InChI is InChI=1S/C26H28N2O4S/c1-17-8-7-9-18(2)23(17)32-16-21(29)27-25-22(26(30)28-12-14-31-15-13-28)19(3)24(33-25)20-10-5-4-6-11-20/h4-11H,12-16H2,1-3H3,(H,27,29). The average Bonchev–Trinajstić information content (AvgIpc) is 3.14. The number of carbonyl (C=O) groups excluding carboxylic acids is 2. The van der Waals surface area contributed by atoms with E-state index in [1.807, 2.05) is 69.3 Å². The van der Waals surface area contributed by atoms with Crippen LogP contribution in [-0.2, 0) is 9.53 Å². The number of hydrogen-bond acceptors (Lipinski definition) is 5. The number of thiophene rings is 1. The molecule has 1 aromatic heterocycles. The Morgan fingerprint density at radius 2 is 1.67 bits per heavy atom. The molecule has 0 bridgehead atoms. The second-order valence-corrected chi connectivity index (χ2v) is 9.11. The molecule has 2 heterocycles. The Bertz CT molecular complexity index is 1130. The summed E-state index contributed by atoms with van der Waals surface area (Å²) in [6.45, 7) is 7.83. The number of benzene rings is 2. The largest absolute Gasteiger partial charge is 0.483 e. The first-order valence-corrected chi connectivity index (χ1v) is 11.8. The summed E-state index contributed by atoms with van der Waals surface area (Å²) < 4.78 is 11.2. The molecular weight excluding hydrogens is 436 g/mol. The number of nitrogens with one attached hydrogen (secondary N) is 1. The van der Waals surface area contributed by atoms with E-state index in [4.69, 9.17) is 9.47 Å². The van der Waals surface area contributed by atoms with Crippen molar-refractivity contribution in [3.8, 4) is 16.2 Å². The van der Waals surface area contributed by atoms with Gasteiger partial charge in [0.2, 0.25) is 0 Å². The van der Waals surface area contributed by atoms with Gasteiger partial charge in [-0.25, -0.2) is 0 Å². The molecule has 7 heteroatoms. The van der Waals surface area contributed by atoms with Crippen LogP contribution < -0.4 is 10.1 Å². The predicted octanol–water partition coefficient (Wildman–Crippen LogP) is 4.83. The minimum atomic E-state index is -0.297. The lowest BCUT2D eigenvalue weighted by atomic mass is 10.1. The maximum Gasteiger partial charge on any atom is 0.262 e. The second kappa shape index (κ2) is 10.2. The third kappa shape index (κ3) is 5.10. The number of anilines is 1. The zero-order valence-electron chi connectivity index (χ0n) is 19.1. The van der Waals surface area contributed by atoms with Gasteiger partial charge in [0.05, 0.1) is 18.8 Å². The molecule has 2 amide bonds. The van der Waals surface area contributed by atoms with Gasteiger partial charge in [-0.05, 0) is 43.0 Å². The summed E-state index contributed by atoms with van der Waals surface area (Å²) in [6, 6.07) is 15.8. The first-order chi connectivity index (χ1) is 16.0. The third-order valence-corrected chi connectivity index (χ3v) is 6.96. The van der Waals surface area contributed by atoms with Gasteiger partial charge in [0.15, 0.2) is 6.61 Å². The van der Waals surface area contributed by atoms with Crippen molar-refractivity contribution < 1.29 is 19.1 Å². The average molecular weight is 465 g/mol. The van der Waals surface area contributed by atoms with E-state index in [-0.39, 0.29) is 18.4 Å². The Labute approximate surface area is 198 Å². The molecule has 4 rings (SSSR count). The van der Waals surface area contributed by atoms with E-state index >= 15 is 0 Å². The number of carbonyl (C=O) groups is 2. The van der Waals surface area contributed by atoms with Gasteiger partial charge in [-0.1, -0.05) is 48.5 Å². The molecule has 0 saturated carbocycles. The van der Waals surface area contributed by atoms with Gasteiger partial charge in [-0.15, -0.1) is 11.3 Å². The first-order valence-electron chi connectivity index (χ1n) is 11.0. The van der Waals surface area contributed by atoms with Crippen molar-refractivity contribution in [2.24, 2.45) is 0 Å². The lowest BCUT2D eigenvalue weighted by Gasteiger charge is -2.27. The minimum Gasteiger partial charge on any atom is -0.483 e. The highest BCUT2D eigenvalue weighted by Crippen LogP contribution is 2.40. The number of amides is 2. The van der Waals surface area contributed by atoms with E-state index in [0.29, 0.717) is 42.6 Å². The molecule has 0 radical (unpaired) electrons. The van der Waals surface area contributed by atoms with Crippen LogP contribution in [0.2, 0.25) is 0 Å². The van der Waals surface area contributed by atoms with E-state index in [0.717, 1.165) is 27.1 Å². The lowest BCUT2D eigenvalue weighted by molar-refractivity contribution is -0.118. The van der Waals surface area contributed by atoms with Crippen molar-refractivity contribution in [2.75, 3.05) is 38.2 Å². The summed E-state index contributed by atoms with van der Waals surface area (Å²) in [7, 11) is 0. The van der Waals surface area contributed by atoms with Gasteiger partial charge in [0.25, 0.3) is 11.8 Å². The zero-order valence-corrected chi connectivity index (χ0v) is 20.0. The molecular formula is C26H28N2O4S. The van der Waals surface area contributed by atoms with Gasteiger partial charge in [-0.2, -0.15) is 0 Å². The molecule has 6 nitrogen and oxygen atoms in total. The Balaban J connectivity index is 1.60. The molecule has 0 aliphatic carbocycles. The molecule has 1 N–H and O–H groups in total. The molecule has 2 aromatic carbocycles. The number of aryl methyl sites for hydroxylation is 2. The summed E-state index contributed by atoms with van der Waals surface area (Å²) in [5.41, 5.74) is 4.38. The number of hydrogen-bond donors (Lipinski definition) is 1. The van der Waals surface area contributed by atoms with Crippen LogP contribution in [0.15, 0.2) is 48.5 Å². The second-order valence-electron chi connectivity index (χ2n) is 8.09. The number of ether oxygens (including phenoxy) is 2. The van der Waals surface area contributed by atoms with Crippen molar-refractivity contribution in [2.45, 2.75) is 20.8 Å². The van der Waals surface area contributed by atoms with Gasteiger partial charge in [0, 0.05) is 18.0 Å². The van der Waals surface area contributed by atoms with Gasteiger partial charge < -0.3 is 19.7 Å². The quantitative estimate of drug-likeness (QED) is 0.567. The summed E-state index contributed by atoms with van der Waals surface area (Å²) in [5.74, 6) is 0.333. The van der Waals surface area contributed by atoms with Crippen LogP contribution in [0.3, 0.4) is 0 Å². The normalized spacial score (nSPS) is 13.6. The smallest absolute Gasteiger partial charge is 0.262 e. The number of rotatable bonds is 6. The molecule has 1 aliphatic heterocycles. The minimum absolute atomic E-state index is 0.0832. The molecule has 172 valence electrons. The van der Waals surface area contributed by atoms with Crippen LogP contribution in [0.1, 0.15) is 27.0 Å². The fraction of sp³-hybridized carbons (Fsp3) is 0.308. The lowest BCUT2D eigenvalue weighted by Crippen LogP contribution is -2.41. The Kier molecular flexibility index (Phi) is 7.11. The van der Waals surface area contributed by atoms with E-state index in [1.165, 1.54) is 11.3 Å². The van der Waals surface area contributed by atoms with E-state index in [9.17, 15) is 9.59 Å². The summed E-state index contributed by atoms with van der Waals surface area (Å²) >= 11 is 1.42. The van der Waals surface area contributed by atoms with Crippen molar-refractivity contribution in [1.29, 1.82) is 0 Å². The molecule has 1 fully saturated rings. The highest BCUT2D eigenvalue weighted by Gasteiger charge is 2.28. The summed E-state index contributed by atoms with van der Waals surface area (Å²) in [4.78, 5) is 29.0. The van der Waals surface area contributed by atoms with E-state index in [1.54, 1.807) is 4.90 Å². The van der Waals surface area contributed by atoms with Gasteiger partial charge in [-0.3, -0.25) is 9.59 Å². The van der Waals surface area contributed by atoms with Crippen molar-refractivity contribution in [3.63, 3.8) is 0 Å². The number of morpholine rings is 1. The van der Waals surface area contributed by atoms with E-state index < -0.39 is 0 Å². The Morgan fingerprint density at radius 3 is 2.33 bits per heavy atom. The molecule has 33 heavy (non-hydrogen) atoms. The fourth-order valence-electron chi connectivity index (χ4n) is 3.98. The van der Waals surface area contributed by atoms with E-state index in [2.05, 4.69) is 5.32 Å². The van der Waals surface area contributed by atoms with Crippen LogP contribution >= 0.6 is 11.3 Å².